The third-order valence-electron chi connectivity index (χ3n) is 2.62. The van der Waals surface area contributed by atoms with Crippen LogP contribution >= 0.6 is 0 Å². The van der Waals surface area contributed by atoms with E-state index in [9.17, 15) is 14.0 Å². The standard InChI is InChI=1S/C15H13FN2O2/c16-12-8-4-5-9-13(12)18-15(20)14(19)17-10-11-6-2-1-3-7-11/h1-9H,10H2,(H,17,19)(H,18,20). The number of para-hydroxylation sites is 1. The summed E-state index contributed by atoms with van der Waals surface area (Å²) in [6.07, 6.45) is 0. The lowest BCUT2D eigenvalue weighted by atomic mass is 10.2. The molecule has 0 radical (unpaired) electrons. The van der Waals surface area contributed by atoms with Gasteiger partial charge in [0.25, 0.3) is 0 Å². The predicted molar refractivity (Wildman–Crippen MR) is 73.3 cm³/mol. The van der Waals surface area contributed by atoms with Crippen molar-refractivity contribution in [3.63, 3.8) is 0 Å². The Kier molecular flexibility index (Phi) is 4.44. The molecule has 0 aliphatic heterocycles. The van der Waals surface area contributed by atoms with E-state index in [0.717, 1.165) is 5.56 Å². The zero-order chi connectivity index (χ0) is 14.4. The zero-order valence-corrected chi connectivity index (χ0v) is 10.6. The summed E-state index contributed by atoms with van der Waals surface area (Å²) >= 11 is 0. The largest absolute Gasteiger partial charge is 0.344 e. The highest BCUT2D eigenvalue weighted by molar-refractivity contribution is 6.39. The first-order valence-corrected chi connectivity index (χ1v) is 6.04. The minimum absolute atomic E-state index is 0.0210. The molecule has 2 rings (SSSR count). The summed E-state index contributed by atoms with van der Waals surface area (Å²) in [6.45, 7) is 0.240. The zero-order valence-electron chi connectivity index (χ0n) is 10.6. The van der Waals surface area contributed by atoms with Crippen LogP contribution in [0.4, 0.5) is 10.1 Å². The molecular formula is C15H13FN2O2. The molecule has 0 atom stereocenters. The summed E-state index contributed by atoms with van der Waals surface area (Å²) in [5, 5.41) is 4.69. The van der Waals surface area contributed by atoms with Crippen LogP contribution in [0.25, 0.3) is 0 Å². The molecule has 0 saturated heterocycles. The molecule has 5 heteroatoms. The van der Waals surface area contributed by atoms with Gasteiger partial charge in [-0.1, -0.05) is 42.5 Å². The molecule has 0 bridgehead atoms. The van der Waals surface area contributed by atoms with Gasteiger partial charge in [-0.15, -0.1) is 0 Å². The number of hydrogen-bond donors (Lipinski definition) is 2. The van der Waals surface area contributed by atoms with Crippen molar-refractivity contribution in [1.29, 1.82) is 0 Å². The van der Waals surface area contributed by atoms with E-state index in [1.807, 2.05) is 30.3 Å². The monoisotopic (exact) mass is 272 g/mol. The lowest BCUT2D eigenvalue weighted by Crippen LogP contribution is -2.35. The second kappa shape index (κ2) is 6.47. The Morgan fingerprint density at radius 1 is 0.900 bits per heavy atom. The van der Waals surface area contributed by atoms with Crippen molar-refractivity contribution in [1.82, 2.24) is 5.32 Å². The molecule has 0 aliphatic carbocycles. The molecule has 0 fully saturated rings. The Labute approximate surface area is 115 Å². The van der Waals surface area contributed by atoms with Crippen molar-refractivity contribution in [3.05, 3.63) is 66.0 Å². The van der Waals surface area contributed by atoms with E-state index in [0.29, 0.717) is 0 Å². The van der Waals surface area contributed by atoms with Crippen LogP contribution in [0.5, 0.6) is 0 Å². The highest BCUT2D eigenvalue weighted by Gasteiger charge is 2.14. The van der Waals surface area contributed by atoms with Crippen LogP contribution in [0.2, 0.25) is 0 Å². The number of carbonyl (C=O) groups is 2. The fraction of sp³-hybridized carbons (Fsp3) is 0.0667. The molecule has 2 amide bonds. The molecule has 0 spiro atoms. The molecule has 2 aromatic carbocycles. The number of hydrogen-bond acceptors (Lipinski definition) is 2. The Balaban J connectivity index is 1.90. The second-order valence-corrected chi connectivity index (χ2v) is 4.10. The van der Waals surface area contributed by atoms with Crippen LogP contribution in [0, 0.1) is 5.82 Å². The van der Waals surface area contributed by atoms with E-state index >= 15 is 0 Å². The number of rotatable bonds is 3. The normalized spacial score (nSPS) is 9.85. The number of anilines is 1. The van der Waals surface area contributed by atoms with Gasteiger partial charge in [-0.2, -0.15) is 0 Å². The minimum atomic E-state index is -0.897. The van der Waals surface area contributed by atoms with Crippen molar-refractivity contribution in [3.8, 4) is 0 Å². The Morgan fingerprint density at radius 2 is 1.55 bits per heavy atom. The fourth-order valence-corrected chi connectivity index (χ4v) is 1.60. The van der Waals surface area contributed by atoms with E-state index in [2.05, 4.69) is 10.6 Å². The topological polar surface area (TPSA) is 58.2 Å². The van der Waals surface area contributed by atoms with Gasteiger partial charge in [-0.3, -0.25) is 9.59 Å². The van der Waals surface area contributed by atoms with Crippen molar-refractivity contribution >= 4 is 17.5 Å². The van der Waals surface area contributed by atoms with E-state index in [-0.39, 0.29) is 12.2 Å². The van der Waals surface area contributed by atoms with Crippen molar-refractivity contribution in [2.75, 3.05) is 5.32 Å². The first-order chi connectivity index (χ1) is 9.66. The third kappa shape index (κ3) is 3.65. The molecule has 2 aromatic rings. The fourth-order valence-electron chi connectivity index (χ4n) is 1.60. The molecule has 0 saturated carbocycles. The van der Waals surface area contributed by atoms with Gasteiger partial charge in [-0.05, 0) is 17.7 Å². The molecule has 0 aliphatic rings. The Hall–Kier alpha value is -2.69. The first-order valence-electron chi connectivity index (χ1n) is 6.04. The Bertz CT molecular complexity index is 614. The second-order valence-electron chi connectivity index (χ2n) is 4.10. The maximum absolute atomic E-state index is 13.3. The number of amides is 2. The Morgan fingerprint density at radius 3 is 2.25 bits per heavy atom. The van der Waals surface area contributed by atoms with Crippen molar-refractivity contribution < 1.29 is 14.0 Å². The highest BCUT2D eigenvalue weighted by atomic mass is 19.1. The van der Waals surface area contributed by atoms with E-state index in [1.165, 1.54) is 18.2 Å². The maximum atomic E-state index is 13.3. The molecule has 0 unspecified atom stereocenters. The van der Waals surface area contributed by atoms with E-state index < -0.39 is 17.6 Å². The number of carbonyl (C=O) groups excluding carboxylic acids is 2. The van der Waals surface area contributed by atoms with Crippen LogP contribution < -0.4 is 10.6 Å². The number of benzene rings is 2. The van der Waals surface area contributed by atoms with Gasteiger partial charge >= 0.3 is 11.8 Å². The third-order valence-corrected chi connectivity index (χ3v) is 2.62. The van der Waals surface area contributed by atoms with Crippen LogP contribution in [-0.4, -0.2) is 11.8 Å². The van der Waals surface area contributed by atoms with Crippen LogP contribution in [0.15, 0.2) is 54.6 Å². The minimum Gasteiger partial charge on any atom is -0.344 e. The SMILES string of the molecule is O=C(NCc1ccccc1)C(=O)Nc1ccccc1F. The van der Waals surface area contributed by atoms with Crippen molar-refractivity contribution in [2.45, 2.75) is 6.54 Å². The first kappa shape index (κ1) is 13.7. The van der Waals surface area contributed by atoms with Crippen LogP contribution in [0.1, 0.15) is 5.56 Å². The summed E-state index contributed by atoms with van der Waals surface area (Å²) in [7, 11) is 0. The van der Waals surface area contributed by atoms with E-state index in [1.54, 1.807) is 6.07 Å². The van der Waals surface area contributed by atoms with Crippen LogP contribution in [0.3, 0.4) is 0 Å². The lowest BCUT2D eigenvalue weighted by Gasteiger charge is -2.07. The van der Waals surface area contributed by atoms with Gasteiger partial charge in [0.05, 0.1) is 5.69 Å². The average molecular weight is 272 g/mol. The van der Waals surface area contributed by atoms with Gasteiger partial charge < -0.3 is 10.6 Å². The van der Waals surface area contributed by atoms with Gasteiger partial charge in [0, 0.05) is 6.54 Å². The molecule has 4 nitrogen and oxygen atoms in total. The van der Waals surface area contributed by atoms with Gasteiger partial charge in [0.2, 0.25) is 0 Å². The number of nitrogens with one attached hydrogen (secondary N) is 2. The maximum Gasteiger partial charge on any atom is 0.313 e. The van der Waals surface area contributed by atoms with Gasteiger partial charge in [0.15, 0.2) is 0 Å². The highest BCUT2D eigenvalue weighted by Crippen LogP contribution is 2.11. The molecular weight excluding hydrogens is 259 g/mol. The van der Waals surface area contributed by atoms with Crippen molar-refractivity contribution in [2.24, 2.45) is 0 Å². The lowest BCUT2D eigenvalue weighted by molar-refractivity contribution is -0.136. The quantitative estimate of drug-likeness (QED) is 0.840. The smallest absolute Gasteiger partial charge is 0.313 e. The summed E-state index contributed by atoms with van der Waals surface area (Å²) in [5.41, 5.74) is 0.854. The summed E-state index contributed by atoms with van der Waals surface area (Å²) < 4.78 is 13.3. The predicted octanol–water partition coefficient (Wildman–Crippen LogP) is 2.08. The van der Waals surface area contributed by atoms with Gasteiger partial charge in [0.1, 0.15) is 5.82 Å². The average Bonchev–Trinajstić information content (AvgIpc) is 2.48. The van der Waals surface area contributed by atoms with Crippen LogP contribution in [-0.2, 0) is 16.1 Å². The summed E-state index contributed by atoms with van der Waals surface area (Å²) in [6, 6.07) is 14.8. The molecule has 0 heterocycles. The number of halogens is 1. The van der Waals surface area contributed by atoms with E-state index in [4.69, 9.17) is 0 Å². The summed E-state index contributed by atoms with van der Waals surface area (Å²) in [4.78, 5) is 23.2. The summed E-state index contributed by atoms with van der Waals surface area (Å²) in [5.74, 6) is -2.29. The molecule has 20 heavy (non-hydrogen) atoms. The van der Waals surface area contributed by atoms with Gasteiger partial charge in [-0.25, -0.2) is 4.39 Å². The molecule has 102 valence electrons. The molecule has 0 aromatic heterocycles. The molecule has 2 N–H and O–H groups in total.